The largest absolute Gasteiger partial charge is 0.465 e. The molecule has 1 amide bonds. The minimum Gasteiger partial charge on any atom is -0.465 e. The molecule has 0 spiro atoms. The molecule has 0 fully saturated rings. The van der Waals surface area contributed by atoms with E-state index in [4.69, 9.17) is 22.9 Å². The molecule has 0 saturated carbocycles. The zero-order valence-corrected chi connectivity index (χ0v) is 18.3. The number of rotatable bonds is 16. The average Bonchev–Trinajstić information content (AvgIpc) is 2.58. The third kappa shape index (κ3) is 12.5. The van der Waals surface area contributed by atoms with Crippen LogP contribution in [0.5, 0.6) is 0 Å². The Bertz CT molecular complexity index is 398. The lowest BCUT2D eigenvalue weighted by atomic mass is 10.0. The molecule has 0 aliphatic rings. The number of hydrogen-bond acceptors (Lipinski definition) is 7. The second-order valence-electron chi connectivity index (χ2n) is 8.37. The van der Waals surface area contributed by atoms with Gasteiger partial charge in [-0.2, -0.15) is 0 Å². The van der Waals surface area contributed by atoms with Gasteiger partial charge in [0.15, 0.2) is 0 Å². The fourth-order valence-corrected chi connectivity index (χ4v) is 3.28. The molecule has 0 bridgehead atoms. The maximum atomic E-state index is 11.4. The van der Waals surface area contributed by atoms with Crippen LogP contribution in [0.15, 0.2) is 0 Å². The molecule has 0 rings (SSSR count). The van der Waals surface area contributed by atoms with Crippen molar-refractivity contribution in [1.82, 2.24) is 14.7 Å². The predicted molar refractivity (Wildman–Crippen MR) is 116 cm³/mol. The van der Waals surface area contributed by atoms with Crippen LogP contribution in [0.4, 0.5) is 4.79 Å². The Kier molecular flexibility index (Phi) is 14.4. The van der Waals surface area contributed by atoms with Gasteiger partial charge in [-0.15, -0.1) is 0 Å². The van der Waals surface area contributed by atoms with E-state index < -0.39 is 6.09 Å². The van der Waals surface area contributed by atoms with Crippen molar-refractivity contribution in [3.63, 3.8) is 0 Å². The maximum absolute atomic E-state index is 11.4. The Morgan fingerprint density at radius 1 is 0.857 bits per heavy atom. The number of amides is 1. The van der Waals surface area contributed by atoms with Crippen LogP contribution < -0.4 is 22.9 Å². The van der Waals surface area contributed by atoms with Gasteiger partial charge in [0.25, 0.3) is 0 Å². The van der Waals surface area contributed by atoms with Gasteiger partial charge >= 0.3 is 6.09 Å². The van der Waals surface area contributed by atoms with E-state index in [9.17, 15) is 9.90 Å². The second-order valence-corrected chi connectivity index (χ2v) is 8.37. The fourth-order valence-electron chi connectivity index (χ4n) is 3.28. The molecule has 9 N–H and O–H groups in total. The van der Waals surface area contributed by atoms with Crippen molar-refractivity contribution in [3.05, 3.63) is 0 Å². The van der Waals surface area contributed by atoms with Crippen LogP contribution in [-0.2, 0) is 0 Å². The topological polar surface area (TPSA) is 151 Å². The number of carboxylic acid groups (broad SMARTS) is 1. The van der Waals surface area contributed by atoms with Crippen LogP contribution in [0.2, 0.25) is 0 Å². The molecule has 9 heteroatoms. The summed E-state index contributed by atoms with van der Waals surface area (Å²) in [4.78, 5) is 17.4. The maximum Gasteiger partial charge on any atom is 0.407 e. The van der Waals surface area contributed by atoms with Crippen molar-refractivity contribution in [2.75, 3.05) is 65.4 Å². The Balaban J connectivity index is 4.31. The number of hydrogen-bond donors (Lipinski definition) is 5. The number of unbranched alkanes of at least 4 members (excludes halogenated alkanes) is 1. The highest BCUT2D eigenvalue weighted by Gasteiger charge is 2.25. The molecule has 0 heterocycles. The van der Waals surface area contributed by atoms with Crippen LogP contribution in [0.25, 0.3) is 0 Å². The van der Waals surface area contributed by atoms with Crippen molar-refractivity contribution in [2.45, 2.75) is 51.6 Å². The van der Waals surface area contributed by atoms with E-state index in [-0.39, 0.29) is 11.6 Å². The smallest absolute Gasteiger partial charge is 0.407 e. The van der Waals surface area contributed by atoms with E-state index in [0.29, 0.717) is 26.2 Å². The van der Waals surface area contributed by atoms with Gasteiger partial charge in [0.2, 0.25) is 0 Å². The normalized spacial score (nSPS) is 13.3. The summed E-state index contributed by atoms with van der Waals surface area (Å²) in [7, 11) is 0. The van der Waals surface area contributed by atoms with E-state index >= 15 is 0 Å². The van der Waals surface area contributed by atoms with Crippen molar-refractivity contribution >= 4 is 6.09 Å². The third-order valence-electron chi connectivity index (χ3n) is 4.81. The SMILES string of the molecule is CC(C)(C)N(CCCC[C@H](N)CN(CCN)CCN(CCN)CCN)C(=O)O. The number of nitrogens with zero attached hydrogens (tertiary/aromatic N) is 3. The Hall–Kier alpha value is -0.970. The molecule has 0 unspecified atom stereocenters. The van der Waals surface area contributed by atoms with E-state index in [0.717, 1.165) is 58.5 Å². The van der Waals surface area contributed by atoms with Gasteiger partial charge in [0, 0.05) is 77.0 Å². The zero-order chi connectivity index (χ0) is 21.6. The summed E-state index contributed by atoms with van der Waals surface area (Å²) < 4.78 is 0. The molecule has 0 radical (unpaired) electrons. The molecule has 0 aliphatic carbocycles. The lowest BCUT2D eigenvalue weighted by molar-refractivity contribution is 0.0988. The monoisotopic (exact) mass is 403 g/mol. The summed E-state index contributed by atoms with van der Waals surface area (Å²) in [5.74, 6) is 0. The van der Waals surface area contributed by atoms with Crippen LogP contribution in [0.3, 0.4) is 0 Å². The van der Waals surface area contributed by atoms with Crippen LogP contribution in [0, 0.1) is 0 Å². The molecule has 0 aromatic carbocycles. The first kappa shape index (κ1) is 27.0. The summed E-state index contributed by atoms with van der Waals surface area (Å²) >= 11 is 0. The summed E-state index contributed by atoms with van der Waals surface area (Å²) in [5, 5.41) is 9.34. The summed E-state index contributed by atoms with van der Waals surface area (Å²) in [6.07, 6.45) is 1.72. The lowest BCUT2D eigenvalue weighted by Gasteiger charge is -2.33. The highest BCUT2D eigenvalue weighted by atomic mass is 16.4. The minimum atomic E-state index is -0.870. The van der Waals surface area contributed by atoms with E-state index in [1.807, 2.05) is 20.8 Å². The van der Waals surface area contributed by atoms with Crippen LogP contribution in [0.1, 0.15) is 40.0 Å². The van der Waals surface area contributed by atoms with E-state index in [1.165, 1.54) is 4.90 Å². The minimum absolute atomic E-state index is 0.0527. The fraction of sp³-hybridized carbons (Fsp3) is 0.947. The molecular weight excluding hydrogens is 358 g/mol. The Labute approximate surface area is 171 Å². The van der Waals surface area contributed by atoms with E-state index in [1.54, 1.807) is 0 Å². The molecule has 0 aromatic rings. The molecule has 0 aliphatic heterocycles. The highest BCUT2D eigenvalue weighted by molar-refractivity contribution is 5.65. The summed E-state index contributed by atoms with van der Waals surface area (Å²) in [5.41, 5.74) is 23.0. The number of carbonyl (C=O) groups is 1. The van der Waals surface area contributed by atoms with Crippen molar-refractivity contribution in [2.24, 2.45) is 22.9 Å². The molecule has 1 atom stereocenters. The van der Waals surface area contributed by atoms with Gasteiger partial charge in [-0.3, -0.25) is 9.80 Å². The van der Waals surface area contributed by atoms with E-state index in [2.05, 4.69) is 9.80 Å². The molecule has 28 heavy (non-hydrogen) atoms. The lowest BCUT2D eigenvalue weighted by Crippen LogP contribution is -2.46. The zero-order valence-electron chi connectivity index (χ0n) is 18.3. The first-order valence-corrected chi connectivity index (χ1v) is 10.5. The molecule has 0 saturated heterocycles. The van der Waals surface area contributed by atoms with Gasteiger partial charge < -0.3 is 32.9 Å². The van der Waals surface area contributed by atoms with Gasteiger partial charge in [0.1, 0.15) is 0 Å². The first-order chi connectivity index (χ1) is 13.1. The second kappa shape index (κ2) is 14.9. The van der Waals surface area contributed by atoms with Gasteiger partial charge in [-0.25, -0.2) is 4.79 Å². The standard InChI is InChI=1S/C19H45N7O2/c1-19(2,3)26(18(27)28)10-5-4-6-17(23)16-25(13-9-22)15-14-24(11-7-20)12-8-21/h17H,4-16,20-23H2,1-3H3,(H,27,28)/t17-/m0/s1. The summed E-state index contributed by atoms with van der Waals surface area (Å²) in [6, 6.07) is 0.0527. The van der Waals surface area contributed by atoms with Crippen molar-refractivity contribution in [3.8, 4) is 0 Å². The molecule has 0 aromatic heterocycles. The highest BCUT2D eigenvalue weighted by Crippen LogP contribution is 2.15. The van der Waals surface area contributed by atoms with Gasteiger partial charge in [-0.1, -0.05) is 6.42 Å². The predicted octanol–water partition coefficient (Wildman–Crippen LogP) is -0.257. The average molecular weight is 404 g/mol. The molecular formula is C19H45N7O2. The third-order valence-corrected chi connectivity index (χ3v) is 4.81. The van der Waals surface area contributed by atoms with Gasteiger partial charge in [0.05, 0.1) is 0 Å². The van der Waals surface area contributed by atoms with Crippen molar-refractivity contribution in [1.29, 1.82) is 0 Å². The Morgan fingerprint density at radius 3 is 1.82 bits per heavy atom. The van der Waals surface area contributed by atoms with Crippen LogP contribution >= 0.6 is 0 Å². The Morgan fingerprint density at radius 2 is 1.36 bits per heavy atom. The first-order valence-electron chi connectivity index (χ1n) is 10.5. The molecule has 9 nitrogen and oxygen atoms in total. The molecule has 168 valence electrons. The summed E-state index contributed by atoms with van der Waals surface area (Å²) in [6.45, 7) is 13.2. The number of nitrogens with two attached hydrogens (primary N) is 4. The van der Waals surface area contributed by atoms with Crippen LogP contribution in [-0.4, -0.2) is 103 Å². The quantitative estimate of drug-likeness (QED) is 0.221. The van der Waals surface area contributed by atoms with Gasteiger partial charge in [-0.05, 0) is 33.6 Å². The van der Waals surface area contributed by atoms with Crippen molar-refractivity contribution < 1.29 is 9.90 Å².